The largest absolute Gasteiger partial charge is 0.326 e. The van der Waals surface area contributed by atoms with E-state index in [1.165, 1.54) is 5.56 Å². The lowest BCUT2D eigenvalue weighted by Crippen LogP contribution is -1.99. The number of benzene rings is 1. The van der Waals surface area contributed by atoms with Gasteiger partial charge >= 0.3 is 0 Å². The minimum Gasteiger partial charge on any atom is -0.326 e. The van der Waals surface area contributed by atoms with Crippen LogP contribution in [-0.2, 0) is 6.54 Å². The number of hydrogen-bond donors (Lipinski definition) is 1. The Morgan fingerprint density at radius 1 is 1.43 bits per heavy atom. The molecule has 1 aromatic carbocycles. The molecule has 0 saturated heterocycles. The van der Waals surface area contributed by atoms with Crippen LogP contribution in [0.15, 0.2) is 36.9 Å². The summed E-state index contributed by atoms with van der Waals surface area (Å²) in [6, 6.07) is 6.22. The van der Waals surface area contributed by atoms with Crippen molar-refractivity contribution in [1.82, 2.24) is 9.55 Å². The first-order valence-electron chi connectivity index (χ1n) is 4.59. The first kappa shape index (κ1) is 8.97. The van der Waals surface area contributed by atoms with Crippen LogP contribution in [0.4, 0.5) is 0 Å². The van der Waals surface area contributed by atoms with Gasteiger partial charge in [-0.3, -0.25) is 0 Å². The molecule has 0 amide bonds. The zero-order chi connectivity index (χ0) is 9.97. The van der Waals surface area contributed by atoms with Crippen LogP contribution < -0.4 is 5.73 Å². The first-order chi connectivity index (χ1) is 6.81. The van der Waals surface area contributed by atoms with E-state index >= 15 is 0 Å². The van der Waals surface area contributed by atoms with E-state index in [1.54, 1.807) is 12.5 Å². The number of rotatable bonds is 2. The second-order valence-electron chi connectivity index (χ2n) is 3.29. The monoisotopic (exact) mass is 187 g/mol. The second kappa shape index (κ2) is 3.64. The predicted octanol–water partition coefficient (Wildman–Crippen LogP) is 1.64. The summed E-state index contributed by atoms with van der Waals surface area (Å²) < 4.78 is 2.00. The molecule has 72 valence electrons. The van der Waals surface area contributed by atoms with E-state index < -0.39 is 0 Å². The average Bonchev–Trinajstić information content (AvgIpc) is 2.70. The van der Waals surface area contributed by atoms with Crippen molar-refractivity contribution in [3.8, 4) is 5.69 Å². The van der Waals surface area contributed by atoms with Gasteiger partial charge in [-0.2, -0.15) is 0 Å². The summed E-state index contributed by atoms with van der Waals surface area (Å²) in [7, 11) is 0. The van der Waals surface area contributed by atoms with Crippen LogP contribution in [0.3, 0.4) is 0 Å². The number of imidazole rings is 1. The van der Waals surface area contributed by atoms with Crippen molar-refractivity contribution < 1.29 is 0 Å². The van der Waals surface area contributed by atoms with Gasteiger partial charge in [-0.15, -0.1) is 0 Å². The quantitative estimate of drug-likeness (QED) is 0.776. The van der Waals surface area contributed by atoms with Crippen molar-refractivity contribution in [2.24, 2.45) is 5.73 Å². The lowest BCUT2D eigenvalue weighted by atomic mass is 10.1. The number of nitrogens with two attached hydrogens (primary N) is 1. The standard InChI is InChI=1S/C11H13N3/c1-9-6-10(7-12)2-3-11(9)14-5-4-13-8-14/h2-6,8H,7,12H2,1H3. The molecule has 0 aliphatic carbocycles. The Morgan fingerprint density at radius 3 is 2.86 bits per heavy atom. The zero-order valence-corrected chi connectivity index (χ0v) is 8.14. The Balaban J connectivity index is 2.46. The van der Waals surface area contributed by atoms with Gasteiger partial charge in [-0.05, 0) is 24.1 Å². The Labute approximate surface area is 83.2 Å². The molecule has 3 nitrogen and oxygen atoms in total. The molecule has 2 aromatic rings. The van der Waals surface area contributed by atoms with Crippen LogP contribution in [-0.4, -0.2) is 9.55 Å². The van der Waals surface area contributed by atoms with Gasteiger partial charge in [0.1, 0.15) is 0 Å². The van der Waals surface area contributed by atoms with E-state index in [-0.39, 0.29) is 0 Å². The van der Waals surface area contributed by atoms with E-state index in [0.29, 0.717) is 6.54 Å². The van der Waals surface area contributed by atoms with Gasteiger partial charge in [0.05, 0.1) is 6.33 Å². The van der Waals surface area contributed by atoms with Gasteiger partial charge < -0.3 is 10.3 Å². The molecule has 0 spiro atoms. The number of aryl methyl sites for hydroxylation is 1. The molecular weight excluding hydrogens is 174 g/mol. The van der Waals surface area contributed by atoms with Crippen molar-refractivity contribution in [2.45, 2.75) is 13.5 Å². The number of aromatic nitrogens is 2. The molecular formula is C11H13N3. The van der Waals surface area contributed by atoms with Crippen molar-refractivity contribution in [1.29, 1.82) is 0 Å². The molecule has 0 unspecified atom stereocenters. The third-order valence-corrected chi connectivity index (χ3v) is 2.28. The second-order valence-corrected chi connectivity index (χ2v) is 3.29. The lowest BCUT2D eigenvalue weighted by Gasteiger charge is -2.07. The summed E-state index contributed by atoms with van der Waals surface area (Å²) in [5, 5.41) is 0. The van der Waals surface area contributed by atoms with Gasteiger partial charge in [-0.1, -0.05) is 12.1 Å². The smallest absolute Gasteiger partial charge is 0.0991 e. The molecule has 3 heteroatoms. The molecule has 0 aliphatic rings. The fourth-order valence-corrected chi connectivity index (χ4v) is 1.54. The predicted molar refractivity (Wildman–Crippen MR) is 56.2 cm³/mol. The summed E-state index contributed by atoms with van der Waals surface area (Å²) in [4.78, 5) is 4.02. The normalized spacial score (nSPS) is 10.4. The van der Waals surface area contributed by atoms with Crippen molar-refractivity contribution in [3.05, 3.63) is 48.0 Å². The molecule has 2 N–H and O–H groups in total. The van der Waals surface area contributed by atoms with Gasteiger partial charge in [0.2, 0.25) is 0 Å². The highest BCUT2D eigenvalue weighted by Crippen LogP contribution is 2.14. The molecule has 14 heavy (non-hydrogen) atoms. The minimum atomic E-state index is 0.588. The molecule has 1 heterocycles. The number of nitrogens with zero attached hydrogens (tertiary/aromatic N) is 2. The Hall–Kier alpha value is -1.61. The highest BCUT2D eigenvalue weighted by molar-refractivity contribution is 5.42. The molecule has 0 aliphatic heterocycles. The van der Waals surface area contributed by atoms with E-state index in [1.807, 2.05) is 16.8 Å². The van der Waals surface area contributed by atoms with Crippen LogP contribution in [0.25, 0.3) is 5.69 Å². The summed E-state index contributed by atoms with van der Waals surface area (Å²) in [5.74, 6) is 0. The highest BCUT2D eigenvalue weighted by atomic mass is 15.0. The van der Waals surface area contributed by atoms with Crippen molar-refractivity contribution in [3.63, 3.8) is 0 Å². The van der Waals surface area contributed by atoms with Crippen LogP contribution >= 0.6 is 0 Å². The molecule has 0 saturated carbocycles. The summed E-state index contributed by atoms with van der Waals surface area (Å²) in [6.07, 6.45) is 5.51. The Morgan fingerprint density at radius 2 is 2.29 bits per heavy atom. The van der Waals surface area contributed by atoms with E-state index in [4.69, 9.17) is 5.73 Å². The van der Waals surface area contributed by atoms with Crippen molar-refractivity contribution in [2.75, 3.05) is 0 Å². The summed E-state index contributed by atoms with van der Waals surface area (Å²) in [6.45, 7) is 2.67. The number of hydrogen-bond acceptors (Lipinski definition) is 2. The van der Waals surface area contributed by atoms with E-state index in [2.05, 4.69) is 24.0 Å². The van der Waals surface area contributed by atoms with Gasteiger partial charge in [0.15, 0.2) is 0 Å². The van der Waals surface area contributed by atoms with E-state index in [0.717, 1.165) is 11.3 Å². The first-order valence-corrected chi connectivity index (χ1v) is 4.59. The zero-order valence-electron chi connectivity index (χ0n) is 8.14. The third kappa shape index (κ3) is 1.54. The molecule has 1 aromatic heterocycles. The minimum absolute atomic E-state index is 0.588. The Kier molecular flexibility index (Phi) is 2.33. The Bertz CT molecular complexity index is 418. The average molecular weight is 187 g/mol. The fourth-order valence-electron chi connectivity index (χ4n) is 1.54. The lowest BCUT2D eigenvalue weighted by molar-refractivity contribution is 1.02. The third-order valence-electron chi connectivity index (χ3n) is 2.28. The van der Waals surface area contributed by atoms with Crippen LogP contribution in [0, 0.1) is 6.92 Å². The summed E-state index contributed by atoms with van der Waals surface area (Å²) in [5.41, 5.74) is 9.09. The van der Waals surface area contributed by atoms with Gasteiger partial charge in [-0.25, -0.2) is 4.98 Å². The van der Waals surface area contributed by atoms with Gasteiger partial charge in [0, 0.05) is 24.6 Å². The highest BCUT2D eigenvalue weighted by Gasteiger charge is 2.00. The molecule has 0 radical (unpaired) electrons. The van der Waals surface area contributed by atoms with E-state index in [9.17, 15) is 0 Å². The topological polar surface area (TPSA) is 43.8 Å². The maximum Gasteiger partial charge on any atom is 0.0991 e. The summed E-state index contributed by atoms with van der Waals surface area (Å²) >= 11 is 0. The van der Waals surface area contributed by atoms with Crippen LogP contribution in [0.1, 0.15) is 11.1 Å². The maximum atomic E-state index is 5.57. The molecule has 0 atom stereocenters. The SMILES string of the molecule is Cc1cc(CN)ccc1-n1ccnc1. The van der Waals surface area contributed by atoms with Crippen molar-refractivity contribution >= 4 is 0 Å². The molecule has 2 rings (SSSR count). The molecule has 0 fully saturated rings. The van der Waals surface area contributed by atoms with Crippen LogP contribution in [0.2, 0.25) is 0 Å². The fraction of sp³-hybridized carbons (Fsp3) is 0.182. The van der Waals surface area contributed by atoms with Gasteiger partial charge in [0.25, 0.3) is 0 Å². The molecule has 0 bridgehead atoms. The van der Waals surface area contributed by atoms with Crippen LogP contribution in [0.5, 0.6) is 0 Å². The maximum absolute atomic E-state index is 5.57.